The first kappa shape index (κ1) is 13.6. The van der Waals surface area contributed by atoms with Crippen LogP contribution in [-0.4, -0.2) is 31.0 Å². The van der Waals surface area contributed by atoms with Crippen molar-refractivity contribution in [3.8, 4) is 0 Å². The number of hydrogen-bond acceptors (Lipinski definition) is 4. The Morgan fingerprint density at radius 3 is 2.21 bits per heavy atom. The zero-order chi connectivity index (χ0) is 11.2. The molecule has 0 aromatic carbocycles. The zero-order valence-corrected chi connectivity index (χ0v) is 9.62. The van der Waals surface area contributed by atoms with Gasteiger partial charge in [0.25, 0.3) is 0 Å². The summed E-state index contributed by atoms with van der Waals surface area (Å²) in [6.45, 7) is 1.93. The molecule has 0 radical (unpaired) electrons. The quantitative estimate of drug-likeness (QED) is 0.670. The average Bonchev–Trinajstić information content (AvgIpc) is 2.17. The van der Waals surface area contributed by atoms with Crippen molar-refractivity contribution in [1.82, 2.24) is 0 Å². The third-order valence-corrected chi connectivity index (χ3v) is 4.27. The minimum atomic E-state index is -3.48. The van der Waals surface area contributed by atoms with Crippen LogP contribution >= 0.6 is 7.60 Å². The minimum Gasteiger partial charge on any atom is -0.481 e. The van der Waals surface area contributed by atoms with Crippen LogP contribution in [0.4, 0.5) is 0 Å². The molecule has 0 fully saturated rings. The van der Waals surface area contributed by atoms with Gasteiger partial charge in [-0.15, -0.1) is 0 Å². The van der Waals surface area contributed by atoms with Crippen molar-refractivity contribution in [2.75, 3.05) is 14.2 Å². The number of hydrogen-bond donors (Lipinski definition) is 1. The van der Waals surface area contributed by atoms with E-state index in [1.54, 1.807) is 0 Å². The lowest BCUT2D eigenvalue weighted by Gasteiger charge is -2.20. The van der Waals surface area contributed by atoms with Gasteiger partial charge in [0.15, 0.2) is 5.66 Å². The van der Waals surface area contributed by atoms with E-state index >= 15 is 0 Å². The highest BCUT2D eigenvalue weighted by Crippen LogP contribution is 2.53. The number of carbonyl (C=O) groups is 1. The van der Waals surface area contributed by atoms with Gasteiger partial charge in [0, 0.05) is 14.2 Å². The van der Waals surface area contributed by atoms with Crippen LogP contribution in [0, 0.1) is 0 Å². The third kappa shape index (κ3) is 3.40. The van der Waals surface area contributed by atoms with Gasteiger partial charge in [-0.25, -0.2) is 0 Å². The van der Waals surface area contributed by atoms with Crippen LogP contribution in [0.15, 0.2) is 0 Å². The molecule has 84 valence electrons. The van der Waals surface area contributed by atoms with E-state index in [4.69, 9.17) is 5.11 Å². The molecule has 0 bridgehead atoms. The third-order valence-electron chi connectivity index (χ3n) is 2.01. The van der Waals surface area contributed by atoms with Gasteiger partial charge in [0.2, 0.25) is 0 Å². The Kier molecular flexibility index (Phi) is 6.00. The molecule has 0 aliphatic heterocycles. The highest BCUT2D eigenvalue weighted by atomic mass is 31.2. The lowest BCUT2D eigenvalue weighted by Crippen LogP contribution is -2.22. The fourth-order valence-corrected chi connectivity index (χ4v) is 2.57. The maximum absolute atomic E-state index is 11.8. The van der Waals surface area contributed by atoms with Gasteiger partial charge in [-0.05, 0) is 6.42 Å². The summed E-state index contributed by atoms with van der Waals surface area (Å²) in [5.41, 5.74) is -1.06. The lowest BCUT2D eigenvalue weighted by molar-refractivity contribution is -0.137. The number of unbranched alkanes of at least 4 members (excludes halogenated alkanes) is 1. The van der Waals surface area contributed by atoms with Crippen molar-refractivity contribution in [2.24, 2.45) is 0 Å². The van der Waals surface area contributed by atoms with Crippen LogP contribution in [-0.2, 0) is 18.4 Å². The summed E-state index contributed by atoms with van der Waals surface area (Å²) >= 11 is 0. The van der Waals surface area contributed by atoms with E-state index in [0.717, 1.165) is 6.42 Å². The summed E-state index contributed by atoms with van der Waals surface area (Å²) in [5, 5.41) is 8.87. The first-order valence-electron chi connectivity index (χ1n) is 4.45. The van der Waals surface area contributed by atoms with Crippen molar-refractivity contribution in [3.63, 3.8) is 0 Å². The molecular weight excluding hydrogens is 207 g/mol. The van der Waals surface area contributed by atoms with Gasteiger partial charge in [0.1, 0.15) is 0 Å². The normalized spacial score (nSPS) is 13.9. The number of rotatable bonds is 7. The number of aliphatic carboxylic acids is 1. The SMILES string of the molecule is CCCCC(C(=O)O)P(=O)(OC)OC. The Hall–Kier alpha value is -0.380. The molecule has 0 heterocycles. The van der Waals surface area contributed by atoms with E-state index in [1.165, 1.54) is 14.2 Å². The molecule has 0 aliphatic carbocycles. The van der Waals surface area contributed by atoms with E-state index in [2.05, 4.69) is 9.05 Å². The molecule has 1 atom stereocenters. The van der Waals surface area contributed by atoms with Crippen LogP contribution in [0.5, 0.6) is 0 Å². The molecule has 1 unspecified atom stereocenters. The average molecular weight is 224 g/mol. The summed E-state index contributed by atoms with van der Waals surface area (Å²) < 4.78 is 21.1. The van der Waals surface area contributed by atoms with Crippen LogP contribution in [0.3, 0.4) is 0 Å². The van der Waals surface area contributed by atoms with Crippen molar-refractivity contribution in [1.29, 1.82) is 0 Å². The summed E-state index contributed by atoms with van der Waals surface area (Å²) in [7, 11) is -1.08. The van der Waals surface area contributed by atoms with Crippen molar-refractivity contribution < 1.29 is 23.5 Å². The molecule has 0 aliphatic rings. The van der Waals surface area contributed by atoms with Crippen LogP contribution in [0.1, 0.15) is 26.2 Å². The second-order valence-electron chi connectivity index (χ2n) is 2.90. The Labute approximate surface area is 83.9 Å². The molecule has 0 amide bonds. The van der Waals surface area contributed by atoms with E-state index in [1.807, 2.05) is 6.92 Å². The minimum absolute atomic E-state index is 0.310. The van der Waals surface area contributed by atoms with E-state index < -0.39 is 19.2 Å². The van der Waals surface area contributed by atoms with Gasteiger partial charge in [-0.1, -0.05) is 19.8 Å². The standard InChI is InChI=1S/C8H17O5P/c1-4-5-6-7(8(9)10)14(11,12-2)13-3/h7H,4-6H2,1-3H3,(H,9,10). The van der Waals surface area contributed by atoms with E-state index in [-0.39, 0.29) is 0 Å². The highest BCUT2D eigenvalue weighted by Gasteiger charge is 2.39. The molecule has 14 heavy (non-hydrogen) atoms. The topological polar surface area (TPSA) is 72.8 Å². The zero-order valence-electron chi connectivity index (χ0n) is 8.73. The molecule has 0 saturated carbocycles. The second kappa shape index (κ2) is 6.17. The fraction of sp³-hybridized carbons (Fsp3) is 0.875. The number of carboxylic acids is 1. The summed E-state index contributed by atoms with van der Waals surface area (Å²) in [6.07, 6.45) is 1.84. The summed E-state index contributed by atoms with van der Waals surface area (Å²) in [4.78, 5) is 10.8. The number of carboxylic acid groups (broad SMARTS) is 1. The first-order valence-corrected chi connectivity index (χ1v) is 6.07. The molecule has 0 rings (SSSR count). The van der Waals surface area contributed by atoms with Gasteiger partial charge < -0.3 is 14.2 Å². The van der Waals surface area contributed by atoms with Crippen LogP contribution in [0.25, 0.3) is 0 Å². The predicted octanol–water partition coefficient (Wildman–Crippen LogP) is 2.12. The fourth-order valence-electron chi connectivity index (χ4n) is 1.14. The molecule has 0 saturated heterocycles. The van der Waals surface area contributed by atoms with Crippen molar-refractivity contribution >= 4 is 13.6 Å². The largest absolute Gasteiger partial charge is 0.481 e. The smallest absolute Gasteiger partial charge is 0.344 e. The lowest BCUT2D eigenvalue weighted by atomic mass is 10.2. The molecule has 0 spiro atoms. The monoisotopic (exact) mass is 224 g/mol. The molecule has 1 N–H and O–H groups in total. The second-order valence-corrected chi connectivity index (χ2v) is 5.33. The van der Waals surface area contributed by atoms with Crippen LogP contribution < -0.4 is 0 Å². The van der Waals surface area contributed by atoms with Gasteiger partial charge >= 0.3 is 13.6 Å². The summed E-state index contributed by atoms with van der Waals surface area (Å²) in [5.74, 6) is -1.13. The van der Waals surface area contributed by atoms with Crippen molar-refractivity contribution in [2.45, 2.75) is 31.8 Å². The van der Waals surface area contributed by atoms with Gasteiger partial charge in [-0.2, -0.15) is 0 Å². The van der Waals surface area contributed by atoms with Gasteiger partial charge in [0.05, 0.1) is 0 Å². The summed E-state index contributed by atoms with van der Waals surface area (Å²) in [6, 6.07) is 0. The maximum atomic E-state index is 11.8. The molecule has 0 aromatic rings. The Morgan fingerprint density at radius 1 is 1.43 bits per heavy atom. The van der Waals surface area contributed by atoms with E-state index in [0.29, 0.717) is 12.8 Å². The Morgan fingerprint density at radius 2 is 1.93 bits per heavy atom. The predicted molar refractivity (Wildman–Crippen MR) is 52.6 cm³/mol. The molecule has 5 nitrogen and oxygen atoms in total. The van der Waals surface area contributed by atoms with Gasteiger partial charge in [-0.3, -0.25) is 9.36 Å². The first-order chi connectivity index (χ1) is 6.51. The Bertz CT molecular complexity index is 220. The molecular formula is C8H17O5P. The van der Waals surface area contributed by atoms with Crippen molar-refractivity contribution in [3.05, 3.63) is 0 Å². The maximum Gasteiger partial charge on any atom is 0.344 e. The molecule has 0 aromatic heterocycles. The van der Waals surface area contributed by atoms with E-state index in [9.17, 15) is 9.36 Å². The molecule has 6 heteroatoms. The Balaban J connectivity index is 4.62. The highest BCUT2D eigenvalue weighted by molar-refractivity contribution is 7.55. The van der Waals surface area contributed by atoms with Crippen LogP contribution in [0.2, 0.25) is 0 Å².